The minimum Gasteiger partial charge on any atom is -0.454 e. The van der Waals surface area contributed by atoms with E-state index in [1.165, 1.54) is 6.08 Å². The van der Waals surface area contributed by atoms with Gasteiger partial charge >= 0.3 is 0 Å². The number of aliphatic hydroxyl groups excluding tert-OH is 1. The molecule has 0 aliphatic carbocycles. The molecule has 2 N–H and O–H groups in total. The van der Waals surface area contributed by atoms with E-state index in [0.29, 0.717) is 18.0 Å². The van der Waals surface area contributed by atoms with E-state index >= 15 is 0 Å². The summed E-state index contributed by atoms with van der Waals surface area (Å²) in [6, 6.07) is 13.4. The molecule has 1 heterocycles. The van der Waals surface area contributed by atoms with E-state index in [0.717, 1.165) is 16.7 Å². The third kappa shape index (κ3) is 5.32. The van der Waals surface area contributed by atoms with Gasteiger partial charge in [-0.3, -0.25) is 4.79 Å². The normalized spacial score (nSPS) is 13.7. The highest BCUT2D eigenvalue weighted by atomic mass is 16.7. The number of hydrogen-bond acceptors (Lipinski definition) is 5. The molecule has 1 amide bonds. The van der Waals surface area contributed by atoms with Crippen molar-refractivity contribution >= 4 is 12.0 Å². The van der Waals surface area contributed by atoms with E-state index in [-0.39, 0.29) is 32.0 Å². The molecule has 0 spiro atoms. The van der Waals surface area contributed by atoms with Gasteiger partial charge in [0.2, 0.25) is 12.7 Å². The van der Waals surface area contributed by atoms with E-state index in [1.54, 1.807) is 6.08 Å². The summed E-state index contributed by atoms with van der Waals surface area (Å²) in [6.45, 7) is 2.68. The van der Waals surface area contributed by atoms with E-state index in [1.807, 2.05) is 49.4 Å². The highest BCUT2D eigenvalue weighted by molar-refractivity contribution is 5.91. The van der Waals surface area contributed by atoms with Gasteiger partial charge < -0.3 is 24.6 Å². The monoisotopic (exact) mass is 369 g/mol. The van der Waals surface area contributed by atoms with Crippen LogP contribution >= 0.6 is 0 Å². The van der Waals surface area contributed by atoms with Gasteiger partial charge in [-0.05, 0) is 36.3 Å². The molecule has 3 rings (SSSR count). The fourth-order valence-electron chi connectivity index (χ4n) is 2.69. The van der Waals surface area contributed by atoms with Crippen molar-refractivity contribution in [2.24, 2.45) is 0 Å². The highest BCUT2D eigenvalue weighted by Crippen LogP contribution is 2.32. The van der Waals surface area contributed by atoms with Crippen LogP contribution in [0, 0.1) is 6.92 Å². The number of hydrogen-bond donors (Lipinski definition) is 2. The molecule has 2 aromatic rings. The molecule has 1 aliphatic heterocycles. The van der Waals surface area contributed by atoms with Crippen molar-refractivity contribution in [1.82, 2.24) is 5.32 Å². The molecule has 0 saturated heterocycles. The Morgan fingerprint density at radius 1 is 1.22 bits per heavy atom. The number of aryl methyl sites for hydroxylation is 1. The Balaban J connectivity index is 1.57. The number of benzene rings is 2. The van der Waals surface area contributed by atoms with Gasteiger partial charge in [0.15, 0.2) is 11.5 Å². The number of carbonyl (C=O) groups is 1. The van der Waals surface area contributed by atoms with Crippen molar-refractivity contribution in [2.45, 2.75) is 13.0 Å². The Hall–Kier alpha value is -2.83. The van der Waals surface area contributed by atoms with Gasteiger partial charge in [0.25, 0.3) is 0 Å². The lowest BCUT2D eigenvalue weighted by atomic mass is 10.1. The lowest BCUT2D eigenvalue weighted by molar-refractivity contribution is -0.117. The molecule has 1 aliphatic rings. The summed E-state index contributed by atoms with van der Waals surface area (Å²) < 4.78 is 16.3. The van der Waals surface area contributed by atoms with Crippen LogP contribution in [0.3, 0.4) is 0 Å². The number of carbonyl (C=O) groups excluding carboxylic acids is 1. The quantitative estimate of drug-likeness (QED) is 0.700. The lowest BCUT2D eigenvalue weighted by Gasteiger charge is -2.18. The standard InChI is InChI=1S/C21H23NO5/c1-15-2-6-17(7-3-15)20(25-11-10-23)13-22-21(24)9-5-16-4-8-18-19(12-16)27-14-26-18/h2-9,12,20,23H,10-11,13-14H2,1H3,(H,22,24)/b9-5+. The summed E-state index contributed by atoms with van der Waals surface area (Å²) in [5.74, 6) is 1.16. The fraction of sp³-hybridized carbons (Fsp3) is 0.286. The van der Waals surface area contributed by atoms with Gasteiger partial charge in [0, 0.05) is 12.6 Å². The minimum atomic E-state index is -0.319. The number of rotatable bonds is 8. The summed E-state index contributed by atoms with van der Waals surface area (Å²) in [5, 5.41) is 11.9. The van der Waals surface area contributed by atoms with E-state index in [9.17, 15) is 4.79 Å². The van der Waals surface area contributed by atoms with Crippen LogP contribution in [-0.2, 0) is 9.53 Å². The largest absolute Gasteiger partial charge is 0.454 e. The zero-order valence-corrected chi connectivity index (χ0v) is 15.2. The van der Waals surface area contributed by atoms with Gasteiger partial charge in [0.1, 0.15) is 0 Å². The molecule has 0 saturated carbocycles. The lowest BCUT2D eigenvalue weighted by Crippen LogP contribution is -2.28. The molecular weight excluding hydrogens is 346 g/mol. The SMILES string of the molecule is Cc1ccc(C(CNC(=O)/C=C/c2ccc3c(c2)OCO3)OCCO)cc1. The fourth-order valence-corrected chi connectivity index (χ4v) is 2.69. The first-order valence-electron chi connectivity index (χ1n) is 8.80. The molecule has 0 bridgehead atoms. The summed E-state index contributed by atoms with van der Waals surface area (Å²) in [7, 11) is 0. The first-order valence-corrected chi connectivity index (χ1v) is 8.80. The van der Waals surface area contributed by atoms with Crippen molar-refractivity contribution in [2.75, 3.05) is 26.6 Å². The number of amides is 1. The first kappa shape index (κ1) is 18.9. The van der Waals surface area contributed by atoms with Gasteiger partial charge in [0.05, 0.1) is 19.3 Å². The van der Waals surface area contributed by atoms with Gasteiger partial charge in [-0.2, -0.15) is 0 Å². The molecule has 2 aromatic carbocycles. The topological polar surface area (TPSA) is 77.0 Å². The van der Waals surface area contributed by atoms with E-state index in [4.69, 9.17) is 19.3 Å². The van der Waals surface area contributed by atoms with Crippen molar-refractivity contribution in [3.05, 3.63) is 65.2 Å². The minimum absolute atomic E-state index is 0.0691. The molecule has 142 valence electrons. The molecule has 1 atom stereocenters. The van der Waals surface area contributed by atoms with Gasteiger partial charge in [-0.1, -0.05) is 35.9 Å². The van der Waals surface area contributed by atoms with Crippen LogP contribution in [0.5, 0.6) is 11.5 Å². The number of nitrogens with one attached hydrogen (secondary N) is 1. The highest BCUT2D eigenvalue weighted by Gasteiger charge is 2.14. The maximum Gasteiger partial charge on any atom is 0.244 e. The van der Waals surface area contributed by atoms with Gasteiger partial charge in [-0.15, -0.1) is 0 Å². The molecule has 27 heavy (non-hydrogen) atoms. The summed E-state index contributed by atoms with van der Waals surface area (Å²) in [4.78, 5) is 12.2. The van der Waals surface area contributed by atoms with Crippen LogP contribution in [0.15, 0.2) is 48.5 Å². The molecule has 6 nitrogen and oxygen atoms in total. The first-order chi connectivity index (χ1) is 13.2. The van der Waals surface area contributed by atoms with Crippen LogP contribution in [-0.4, -0.2) is 37.6 Å². The van der Waals surface area contributed by atoms with Crippen LogP contribution in [0.1, 0.15) is 22.8 Å². The zero-order chi connectivity index (χ0) is 19.1. The second-order valence-electron chi connectivity index (χ2n) is 6.18. The molecule has 0 aromatic heterocycles. The Morgan fingerprint density at radius 3 is 2.78 bits per heavy atom. The third-order valence-corrected chi connectivity index (χ3v) is 4.14. The smallest absolute Gasteiger partial charge is 0.244 e. The van der Waals surface area contributed by atoms with Crippen molar-refractivity contribution in [3.63, 3.8) is 0 Å². The maximum absolute atomic E-state index is 12.2. The van der Waals surface area contributed by atoms with Crippen LogP contribution in [0.4, 0.5) is 0 Å². The van der Waals surface area contributed by atoms with Crippen molar-refractivity contribution in [3.8, 4) is 11.5 Å². The summed E-state index contributed by atoms with van der Waals surface area (Å²) >= 11 is 0. The average Bonchev–Trinajstić information content (AvgIpc) is 3.15. The zero-order valence-electron chi connectivity index (χ0n) is 15.2. The van der Waals surface area contributed by atoms with Crippen molar-refractivity contribution < 1.29 is 24.1 Å². The molecule has 1 unspecified atom stereocenters. The second kappa shape index (κ2) is 9.21. The predicted octanol–water partition coefficient (Wildman–Crippen LogP) is 2.60. The predicted molar refractivity (Wildman–Crippen MR) is 102 cm³/mol. The van der Waals surface area contributed by atoms with Crippen LogP contribution in [0.2, 0.25) is 0 Å². The van der Waals surface area contributed by atoms with Crippen molar-refractivity contribution in [1.29, 1.82) is 0 Å². The molecule has 0 radical (unpaired) electrons. The van der Waals surface area contributed by atoms with Gasteiger partial charge in [-0.25, -0.2) is 0 Å². The van der Waals surface area contributed by atoms with Crippen LogP contribution in [0.25, 0.3) is 6.08 Å². The van der Waals surface area contributed by atoms with E-state index < -0.39 is 0 Å². The van der Waals surface area contributed by atoms with E-state index in [2.05, 4.69) is 5.32 Å². The summed E-state index contributed by atoms with van der Waals surface area (Å²) in [5.41, 5.74) is 2.95. The summed E-state index contributed by atoms with van der Waals surface area (Å²) in [6.07, 6.45) is 2.86. The molecular formula is C21H23NO5. The molecule has 6 heteroatoms. The number of aliphatic hydroxyl groups is 1. The second-order valence-corrected chi connectivity index (χ2v) is 6.18. The Bertz CT molecular complexity index is 801. The Labute approximate surface area is 158 Å². The number of ether oxygens (including phenoxy) is 3. The molecule has 0 fully saturated rings. The average molecular weight is 369 g/mol. The number of fused-ring (bicyclic) bond motifs is 1. The third-order valence-electron chi connectivity index (χ3n) is 4.14. The maximum atomic E-state index is 12.2. The Morgan fingerprint density at radius 2 is 2.00 bits per heavy atom. The Kier molecular flexibility index (Phi) is 6.46. The van der Waals surface area contributed by atoms with Crippen LogP contribution < -0.4 is 14.8 Å².